The van der Waals surface area contributed by atoms with Crippen LogP contribution in [-0.4, -0.2) is 28.1 Å². The summed E-state index contributed by atoms with van der Waals surface area (Å²) in [7, 11) is 0. The number of benzene rings is 4. The second-order valence-corrected chi connectivity index (χ2v) is 10.8. The van der Waals surface area contributed by atoms with Crippen molar-refractivity contribution < 1.29 is 4.79 Å². The molecule has 0 spiro atoms. The number of thioether (sulfide) groups is 2. The van der Waals surface area contributed by atoms with Gasteiger partial charge in [-0.25, -0.2) is 5.43 Å². The van der Waals surface area contributed by atoms with Crippen molar-refractivity contribution in [1.82, 2.24) is 15.6 Å². The number of carbonyl (C=O) groups is 1. The molecule has 34 heavy (non-hydrogen) atoms. The Bertz CT molecular complexity index is 1470. The highest BCUT2D eigenvalue weighted by Gasteiger charge is 2.09. The molecule has 0 unspecified atom stereocenters. The predicted octanol–water partition coefficient (Wildman–Crippen LogP) is 6.38. The van der Waals surface area contributed by atoms with Crippen LogP contribution < -0.4 is 5.43 Å². The molecule has 0 fully saturated rings. The molecule has 0 saturated carbocycles. The van der Waals surface area contributed by atoms with Gasteiger partial charge in [-0.1, -0.05) is 120 Å². The number of rotatable bonds is 8. The van der Waals surface area contributed by atoms with Crippen LogP contribution in [-0.2, 0) is 10.5 Å². The Balaban J connectivity index is 1.12. The van der Waals surface area contributed by atoms with Crippen molar-refractivity contribution in [2.24, 2.45) is 5.10 Å². The predicted molar refractivity (Wildman–Crippen MR) is 144 cm³/mol. The van der Waals surface area contributed by atoms with Gasteiger partial charge in [-0.2, -0.15) is 5.10 Å². The SMILES string of the molecule is O=C(CSc1nnc(SCc2cccc3ccccc23)s1)N/N=C\c1cccc2ccccc12. The summed E-state index contributed by atoms with van der Waals surface area (Å²) in [4.78, 5) is 12.2. The summed E-state index contributed by atoms with van der Waals surface area (Å²) in [6.07, 6.45) is 1.68. The number of hydrazone groups is 1. The van der Waals surface area contributed by atoms with E-state index in [-0.39, 0.29) is 11.7 Å². The van der Waals surface area contributed by atoms with Crippen LogP contribution in [0.25, 0.3) is 21.5 Å². The molecule has 0 aliphatic carbocycles. The van der Waals surface area contributed by atoms with Crippen molar-refractivity contribution in [3.05, 3.63) is 96.1 Å². The molecule has 0 aliphatic rings. The van der Waals surface area contributed by atoms with Gasteiger partial charge in [-0.15, -0.1) is 10.2 Å². The number of nitrogens with zero attached hydrogens (tertiary/aromatic N) is 3. The van der Waals surface area contributed by atoms with Gasteiger partial charge < -0.3 is 0 Å². The minimum atomic E-state index is -0.179. The second-order valence-electron chi connectivity index (χ2n) is 7.41. The van der Waals surface area contributed by atoms with Crippen molar-refractivity contribution >= 4 is 68.5 Å². The number of nitrogens with one attached hydrogen (secondary N) is 1. The first kappa shape index (κ1) is 22.6. The normalized spacial score (nSPS) is 11.4. The molecule has 1 heterocycles. The van der Waals surface area contributed by atoms with E-state index in [2.05, 4.69) is 75.3 Å². The molecule has 5 nitrogen and oxygen atoms in total. The summed E-state index contributed by atoms with van der Waals surface area (Å²) in [5.41, 5.74) is 4.83. The maximum absolute atomic E-state index is 12.2. The molecular formula is C26H20N4OS3. The highest BCUT2D eigenvalue weighted by molar-refractivity contribution is 8.03. The van der Waals surface area contributed by atoms with Gasteiger partial charge >= 0.3 is 0 Å². The van der Waals surface area contributed by atoms with Crippen LogP contribution in [0.15, 0.2) is 98.7 Å². The molecule has 1 N–H and O–H groups in total. The molecular weight excluding hydrogens is 481 g/mol. The average molecular weight is 501 g/mol. The summed E-state index contributed by atoms with van der Waals surface area (Å²) in [6.45, 7) is 0. The van der Waals surface area contributed by atoms with Crippen molar-refractivity contribution in [2.75, 3.05) is 5.75 Å². The molecule has 0 saturated heterocycles. The molecule has 8 heteroatoms. The highest BCUT2D eigenvalue weighted by atomic mass is 32.2. The maximum Gasteiger partial charge on any atom is 0.250 e. The third-order valence-corrected chi connectivity index (χ3v) is 8.40. The summed E-state index contributed by atoms with van der Waals surface area (Å²) < 4.78 is 1.67. The van der Waals surface area contributed by atoms with Crippen molar-refractivity contribution in [3.63, 3.8) is 0 Å². The molecule has 0 atom stereocenters. The molecule has 0 bridgehead atoms. The highest BCUT2D eigenvalue weighted by Crippen LogP contribution is 2.32. The summed E-state index contributed by atoms with van der Waals surface area (Å²) in [6, 6.07) is 28.8. The Labute approximate surface area is 209 Å². The first-order chi connectivity index (χ1) is 16.8. The third-order valence-electron chi connectivity index (χ3n) is 5.16. The topological polar surface area (TPSA) is 67.2 Å². The van der Waals surface area contributed by atoms with E-state index in [1.165, 1.54) is 39.4 Å². The van der Waals surface area contributed by atoms with Crippen LogP contribution in [0.2, 0.25) is 0 Å². The Hall–Kier alpha value is -3.20. The summed E-state index contributed by atoms with van der Waals surface area (Å²) in [5, 5.41) is 17.3. The Morgan fingerprint density at radius 2 is 1.47 bits per heavy atom. The van der Waals surface area contributed by atoms with Gasteiger partial charge in [0.25, 0.3) is 5.91 Å². The van der Waals surface area contributed by atoms with Gasteiger partial charge in [0, 0.05) is 11.3 Å². The monoisotopic (exact) mass is 500 g/mol. The number of amides is 1. The molecule has 5 rings (SSSR count). The number of carbonyl (C=O) groups excluding carboxylic acids is 1. The Morgan fingerprint density at radius 1 is 0.824 bits per heavy atom. The Kier molecular flexibility index (Phi) is 7.19. The minimum absolute atomic E-state index is 0.179. The van der Waals surface area contributed by atoms with Crippen LogP contribution in [0.5, 0.6) is 0 Å². The summed E-state index contributed by atoms with van der Waals surface area (Å²) in [5.74, 6) is 0.876. The fraction of sp³-hybridized carbons (Fsp3) is 0.0769. The molecule has 1 aromatic heterocycles. The molecule has 5 aromatic rings. The molecule has 1 amide bonds. The zero-order valence-corrected chi connectivity index (χ0v) is 20.5. The molecule has 4 aromatic carbocycles. The van der Waals surface area contributed by atoms with Gasteiger partial charge in [-0.05, 0) is 27.1 Å². The van der Waals surface area contributed by atoms with Crippen LogP contribution in [0.4, 0.5) is 0 Å². The van der Waals surface area contributed by atoms with E-state index in [4.69, 9.17) is 0 Å². The summed E-state index contributed by atoms with van der Waals surface area (Å²) >= 11 is 4.54. The molecule has 0 aliphatic heterocycles. The van der Waals surface area contributed by atoms with Crippen LogP contribution in [0.1, 0.15) is 11.1 Å². The molecule has 168 valence electrons. The maximum atomic E-state index is 12.2. The average Bonchev–Trinajstić information content (AvgIpc) is 3.34. The van der Waals surface area contributed by atoms with E-state index < -0.39 is 0 Å². The molecule has 0 radical (unpaired) electrons. The lowest BCUT2D eigenvalue weighted by Gasteiger charge is -2.04. The fourth-order valence-electron chi connectivity index (χ4n) is 3.57. The quantitative estimate of drug-likeness (QED) is 0.152. The standard InChI is InChI=1S/C26H20N4OS3/c31-24(28-27-15-20-11-5-9-18-7-1-3-13-22(18)20)17-33-26-30-29-25(34-26)32-16-21-12-6-10-19-8-2-4-14-23(19)21/h1-15H,16-17H2,(H,28,31)/b27-15-. The number of aromatic nitrogens is 2. The lowest BCUT2D eigenvalue weighted by Crippen LogP contribution is -2.19. The van der Waals surface area contributed by atoms with Crippen molar-refractivity contribution in [3.8, 4) is 0 Å². The lowest BCUT2D eigenvalue weighted by atomic mass is 10.1. The third kappa shape index (κ3) is 5.47. The minimum Gasteiger partial charge on any atom is -0.272 e. The Morgan fingerprint density at radius 3 is 2.29 bits per heavy atom. The second kappa shape index (κ2) is 10.8. The lowest BCUT2D eigenvalue weighted by molar-refractivity contribution is -0.118. The van der Waals surface area contributed by atoms with Gasteiger partial charge in [0.05, 0.1) is 12.0 Å². The van der Waals surface area contributed by atoms with Crippen molar-refractivity contribution in [1.29, 1.82) is 0 Å². The van der Waals surface area contributed by atoms with E-state index in [0.29, 0.717) is 0 Å². The van der Waals surface area contributed by atoms with E-state index in [1.807, 2.05) is 30.3 Å². The number of hydrogen-bond acceptors (Lipinski definition) is 7. The van der Waals surface area contributed by atoms with Gasteiger partial charge in [0.2, 0.25) is 0 Å². The van der Waals surface area contributed by atoms with Gasteiger partial charge in [0.1, 0.15) is 0 Å². The number of hydrogen-bond donors (Lipinski definition) is 1. The fourth-order valence-corrected chi connectivity index (χ4v) is 6.38. The van der Waals surface area contributed by atoms with Gasteiger partial charge in [-0.3, -0.25) is 4.79 Å². The smallest absolute Gasteiger partial charge is 0.250 e. The van der Waals surface area contributed by atoms with E-state index in [1.54, 1.807) is 18.0 Å². The first-order valence-corrected chi connectivity index (χ1v) is 13.4. The zero-order valence-electron chi connectivity index (χ0n) is 18.0. The van der Waals surface area contributed by atoms with E-state index in [9.17, 15) is 4.79 Å². The van der Waals surface area contributed by atoms with Gasteiger partial charge in [0.15, 0.2) is 8.68 Å². The number of fused-ring (bicyclic) bond motifs is 2. The largest absolute Gasteiger partial charge is 0.272 e. The first-order valence-electron chi connectivity index (χ1n) is 10.6. The zero-order chi connectivity index (χ0) is 23.2. The van der Waals surface area contributed by atoms with E-state index in [0.717, 1.165) is 30.8 Å². The van der Waals surface area contributed by atoms with Crippen molar-refractivity contribution in [2.45, 2.75) is 14.4 Å². The van der Waals surface area contributed by atoms with Crippen LogP contribution in [0.3, 0.4) is 0 Å². The van der Waals surface area contributed by atoms with Crippen LogP contribution in [0, 0.1) is 0 Å². The van der Waals surface area contributed by atoms with E-state index >= 15 is 0 Å². The van der Waals surface area contributed by atoms with Crippen LogP contribution >= 0.6 is 34.9 Å².